The Kier molecular flexibility index (Phi) is 6.83. The average Bonchev–Trinajstić information content (AvgIpc) is 3.08. The standard InChI is InChI=1S/C25H20ClNO4S/c1-2-30-20-13-11-19(12-14-20)27-24(28)23(32-25(27)29)15-17-7-4-6-10-22(17)31-16-18-8-3-5-9-21(18)26/h3-15H,2,16H2,1H3/b23-15-. The molecule has 0 aromatic heterocycles. The first-order valence-electron chi connectivity index (χ1n) is 10.0. The summed E-state index contributed by atoms with van der Waals surface area (Å²) in [5, 5.41) is 0.279. The molecule has 0 N–H and O–H groups in total. The number of benzene rings is 3. The summed E-state index contributed by atoms with van der Waals surface area (Å²) < 4.78 is 11.4. The molecule has 1 fully saturated rings. The molecule has 0 aliphatic carbocycles. The maximum absolute atomic E-state index is 13.0. The van der Waals surface area contributed by atoms with Crippen LogP contribution in [0, 0.1) is 0 Å². The molecule has 0 unspecified atom stereocenters. The Balaban J connectivity index is 1.55. The lowest BCUT2D eigenvalue weighted by atomic mass is 10.1. The van der Waals surface area contributed by atoms with E-state index in [1.807, 2.05) is 55.5 Å². The third-order valence-corrected chi connectivity index (χ3v) is 5.98. The molecule has 0 radical (unpaired) electrons. The normalized spacial score (nSPS) is 14.8. The van der Waals surface area contributed by atoms with Crippen LogP contribution in [0.4, 0.5) is 10.5 Å². The second-order valence-electron chi connectivity index (χ2n) is 6.86. The van der Waals surface area contributed by atoms with Crippen molar-refractivity contribution in [2.75, 3.05) is 11.5 Å². The first-order chi connectivity index (χ1) is 15.6. The SMILES string of the molecule is CCOc1ccc(N2C(=O)S/C(=C\c3ccccc3OCc3ccccc3Cl)C2=O)cc1. The lowest BCUT2D eigenvalue weighted by Crippen LogP contribution is -2.27. The third-order valence-electron chi connectivity index (χ3n) is 4.75. The van der Waals surface area contributed by atoms with Crippen LogP contribution >= 0.6 is 23.4 Å². The molecule has 4 rings (SSSR count). The maximum Gasteiger partial charge on any atom is 0.298 e. The highest BCUT2D eigenvalue weighted by atomic mass is 35.5. The van der Waals surface area contributed by atoms with E-state index in [0.29, 0.717) is 39.3 Å². The second kappa shape index (κ2) is 9.94. The molecule has 32 heavy (non-hydrogen) atoms. The minimum atomic E-state index is -0.370. The Bertz CT molecular complexity index is 1180. The van der Waals surface area contributed by atoms with Gasteiger partial charge in [-0.15, -0.1) is 0 Å². The molecule has 162 valence electrons. The van der Waals surface area contributed by atoms with Crippen molar-refractivity contribution in [1.29, 1.82) is 0 Å². The molecular weight excluding hydrogens is 446 g/mol. The van der Waals surface area contributed by atoms with Gasteiger partial charge in [-0.2, -0.15) is 0 Å². The fourth-order valence-corrected chi connectivity index (χ4v) is 4.21. The number of amides is 2. The lowest BCUT2D eigenvalue weighted by Gasteiger charge is -2.13. The molecule has 0 atom stereocenters. The van der Waals surface area contributed by atoms with Gasteiger partial charge in [0.05, 0.1) is 17.2 Å². The van der Waals surface area contributed by atoms with E-state index >= 15 is 0 Å². The molecule has 0 bridgehead atoms. The largest absolute Gasteiger partial charge is 0.494 e. The van der Waals surface area contributed by atoms with Gasteiger partial charge in [-0.1, -0.05) is 48.0 Å². The van der Waals surface area contributed by atoms with Crippen molar-refractivity contribution in [2.24, 2.45) is 0 Å². The van der Waals surface area contributed by atoms with Gasteiger partial charge in [-0.25, -0.2) is 4.90 Å². The van der Waals surface area contributed by atoms with Crippen molar-refractivity contribution in [3.8, 4) is 11.5 Å². The zero-order valence-corrected chi connectivity index (χ0v) is 18.9. The lowest BCUT2D eigenvalue weighted by molar-refractivity contribution is -0.113. The van der Waals surface area contributed by atoms with Crippen LogP contribution in [0.1, 0.15) is 18.1 Å². The van der Waals surface area contributed by atoms with E-state index in [1.165, 1.54) is 4.90 Å². The number of para-hydroxylation sites is 1. The van der Waals surface area contributed by atoms with Gasteiger partial charge in [0.25, 0.3) is 11.1 Å². The van der Waals surface area contributed by atoms with Gasteiger partial charge in [0.1, 0.15) is 18.1 Å². The number of rotatable bonds is 7. The molecule has 0 spiro atoms. The summed E-state index contributed by atoms with van der Waals surface area (Å²) in [6.07, 6.45) is 1.68. The van der Waals surface area contributed by atoms with Gasteiger partial charge in [0.2, 0.25) is 0 Å². The maximum atomic E-state index is 13.0. The van der Waals surface area contributed by atoms with Crippen LogP contribution < -0.4 is 14.4 Å². The number of thioether (sulfide) groups is 1. The predicted molar refractivity (Wildman–Crippen MR) is 128 cm³/mol. The smallest absolute Gasteiger partial charge is 0.298 e. The van der Waals surface area contributed by atoms with Crippen molar-refractivity contribution in [3.63, 3.8) is 0 Å². The summed E-state index contributed by atoms with van der Waals surface area (Å²) in [6.45, 7) is 2.73. The molecule has 1 heterocycles. The molecule has 7 heteroatoms. The minimum absolute atomic E-state index is 0.290. The molecule has 0 saturated carbocycles. The van der Waals surface area contributed by atoms with Crippen LogP contribution in [0.15, 0.2) is 77.7 Å². The van der Waals surface area contributed by atoms with Crippen molar-refractivity contribution in [1.82, 2.24) is 0 Å². The highest BCUT2D eigenvalue weighted by Gasteiger charge is 2.36. The molecule has 2 amide bonds. The van der Waals surface area contributed by atoms with E-state index < -0.39 is 0 Å². The Morgan fingerprint density at radius 3 is 2.41 bits per heavy atom. The minimum Gasteiger partial charge on any atom is -0.494 e. The van der Waals surface area contributed by atoms with Crippen LogP contribution in [0.25, 0.3) is 6.08 Å². The Morgan fingerprint density at radius 2 is 1.66 bits per heavy atom. The van der Waals surface area contributed by atoms with Crippen molar-refractivity contribution < 1.29 is 19.1 Å². The molecular formula is C25H20ClNO4S. The summed E-state index contributed by atoms with van der Waals surface area (Å²) in [7, 11) is 0. The zero-order chi connectivity index (χ0) is 22.5. The fraction of sp³-hybridized carbons (Fsp3) is 0.120. The molecule has 3 aromatic carbocycles. The van der Waals surface area contributed by atoms with E-state index in [9.17, 15) is 9.59 Å². The number of hydrogen-bond acceptors (Lipinski definition) is 5. The summed E-state index contributed by atoms with van der Waals surface area (Å²) >= 11 is 7.12. The highest BCUT2D eigenvalue weighted by Crippen LogP contribution is 2.37. The number of carbonyl (C=O) groups excluding carboxylic acids is 2. The van der Waals surface area contributed by atoms with Crippen molar-refractivity contribution >= 4 is 46.3 Å². The van der Waals surface area contributed by atoms with Crippen LogP contribution in [0.5, 0.6) is 11.5 Å². The van der Waals surface area contributed by atoms with Crippen LogP contribution in [0.2, 0.25) is 5.02 Å². The predicted octanol–water partition coefficient (Wildman–Crippen LogP) is 6.56. The Labute approximate surface area is 195 Å². The van der Waals surface area contributed by atoms with Gasteiger partial charge >= 0.3 is 0 Å². The van der Waals surface area contributed by atoms with Crippen LogP contribution in [0.3, 0.4) is 0 Å². The Morgan fingerprint density at radius 1 is 0.938 bits per heavy atom. The van der Waals surface area contributed by atoms with E-state index in [1.54, 1.807) is 30.3 Å². The van der Waals surface area contributed by atoms with Crippen LogP contribution in [-0.4, -0.2) is 17.8 Å². The first-order valence-corrected chi connectivity index (χ1v) is 11.2. The number of halogens is 1. The Hall–Kier alpha value is -3.22. The van der Waals surface area contributed by atoms with E-state index in [4.69, 9.17) is 21.1 Å². The number of hydrogen-bond donors (Lipinski definition) is 0. The number of imide groups is 1. The van der Waals surface area contributed by atoms with Gasteiger partial charge in [0.15, 0.2) is 0 Å². The van der Waals surface area contributed by atoms with Gasteiger partial charge in [-0.05, 0) is 61.2 Å². The van der Waals surface area contributed by atoms with E-state index in [2.05, 4.69) is 0 Å². The first kappa shape index (κ1) is 22.0. The van der Waals surface area contributed by atoms with E-state index in [-0.39, 0.29) is 17.8 Å². The fourth-order valence-electron chi connectivity index (χ4n) is 3.19. The summed E-state index contributed by atoms with van der Waals surface area (Å²) in [4.78, 5) is 27.1. The molecule has 1 aliphatic rings. The summed E-state index contributed by atoms with van der Waals surface area (Å²) in [5.74, 6) is 0.911. The van der Waals surface area contributed by atoms with E-state index in [0.717, 1.165) is 17.3 Å². The highest BCUT2D eigenvalue weighted by molar-refractivity contribution is 8.19. The quantitative estimate of drug-likeness (QED) is 0.370. The van der Waals surface area contributed by atoms with Crippen LogP contribution in [-0.2, 0) is 11.4 Å². The molecule has 5 nitrogen and oxygen atoms in total. The topological polar surface area (TPSA) is 55.8 Å². The second-order valence-corrected chi connectivity index (χ2v) is 8.26. The third kappa shape index (κ3) is 4.82. The number of ether oxygens (including phenoxy) is 2. The number of carbonyl (C=O) groups is 2. The zero-order valence-electron chi connectivity index (χ0n) is 17.3. The van der Waals surface area contributed by atoms with Crippen molar-refractivity contribution in [3.05, 3.63) is 93.9 Å². The number of anilines is 1. The average molecular weight is 466 g/mol. The molecule has 1 aliphatic heterocycles. The number of nitrogens with zero attached hydrogens (tertiary/aromatic N) is 1. The van der Waals surface area contributed by atoms with Gasteiger partial charge in [-0.3, -0.25) is 9.59 Å². The monoisotopic (exact) mass is 465 g/mol. The summed E-state index contributed by atoms with van der Waals surface area (Å²) in [5.41, 5.74) is 2.07. The van der Waals surface area contributed by atoms with Gasteiger partial charge < -0.3 is 9.47 Å². The molecule has 1 saturated heterocycles. The molecule has 3 aromatic rings. The van der Waals surface area contributed by atoms with Gasteiger partial charge in [0, 0.05) is 16.1 Å². The van der Waals surface area contributed by atoms with Crippen molar-refractivity contribution in [2.45, 2.75) is 13.5 Å². The summed E-state index contributed by atoms with van der Waals surface area (Å²) in [6, 6.07) is 21.7.